The molecule has 19 heavy (non-hydrogen) atoms. The highest BCUT2D eigenvalue weighted by atomic mass is 14.6. The molecule has 0 heteroatoms. The number of allylic oxidation sites excluding steroid dienone is 2. The van der Waals surface area contributed by atoms with Crippen molar-refractivity contribution in [1.82, 2.24) is 0 Å². The van der Waals surface area contributed by atoms with Gasteiger partial charge in [0.25, 0.3) is 0 Å². The molecule has 4 rings (SSSR count). The van der Waals surface area contributed by atoms with E-state index in [0.29, 0.717) is 5.41 Å². The van der Waals surface area contributed by atoms with Gasteiger partial charge >= 0.3 is 0 Å². The summed E-state index contributed by atoms with van der Waals surface area (Å²) in [4.78, 5) is 0. The largest absolute Gasteiger partial charge is 0.0880 e. The molecule has 0 aromatic rings. The summed E-state index contributed by atoms with van der Waals surface area (Å²) in [5.41, 5.74) is 1.29. The first-order chi connectivity index (χ1) is 9.13. The van der Waals surface area contributed by atoms with Crippen LogP contribution in [0.25, 0.3) is 0 Å². The van der Waals surface area contributed by atoms with E-state index in [0.717, 1.165) is 29.1 Å². The molecule has 4 aliphatic rings. The topological polar surface area (TPSA) is 0 Å². The Morgan fingerprint density at radius 3 is 2.68 bits per heavy atom. The van der Waals surface area contributed by atoms with Crippen molar-refractivity contribution in [2.45, 2.75) is 71.6 Å². The van der Waals surface area contributed by atoms with Gasteiger partial charge in [0.05, 0.1) is 0 Å². The molecular formula is C19H30. The summed E-state index contributed by atoms with van der Waals surface area (Å²) in [5, 5.41) is 0. The van der Waals surface area contributed by atoms with Crippen LogP contribution in [0.15, 0.2) is 12.2 Å². The maximum Gasteiger partial charge on any atom is -0.00872 e. The van der Waals surface area contributed by atoms with Gasteiger partial charge < -0.3 is 0 Å². The van der Waals surface area contributed by atoms with Crippen LogP contribution < -0.4 is 0 Å². The maximum atomic E-state index is 2.65. The monoisotopic (exact) mass is 258 g/mol. The molecule has 106 valence electrons. The minimum atomic E-state index is 0.561. The van der Waals surface area contributed by atoms with E-state index in [1.165, 1.54) is 44.9 Å². The van der Waals surface area contributed by atoms with Gasteiger partial charge in [-0.25, -0.2) is 0 Å². The Morgan fingerprint density at radius 2 is 1.79 bits per heavy atom. The van der Waals surface area contributed by atoms with Crippen LogP contribution in [-0.4, -0.2) is 0 Å². The summed E-state index contributed by atoms with van der Waals surface area (Å²) in [6.45, 7) is 5.23. The molecule has 0 unspecified atom stereocenters. The van der Waals surface area contributed by atoms with Crippen molar-refractivity contribution in [2.75, 3.05) is 0 Å². The molecule has 0 nitrogen and oxygen atoms in total. The highest BCUT2D eigenvalue weighted by Gasteiger charge is 2.56. The van der Waals surface area contributed by atoms with Crippen molar-refractivity contribution in [2.24, 2.45) is 34.5 Å². The van der Waals surface area contributed by atoms with E-state index in [1.54, 1.807) is 12.8 Å². The molecule has 0 amide bonds. The van der Waals surface area contributed by atoms with Crippen LogP contribution in [0.3, 0.4) is 0 Å². The molecule has 0 aromatic carbocycles. The normalized spacial score (nSPS) is 56.3. The van der Waals surface area contributed by atoms with E-state index in [2.05, 4.69) is 26.0 Å². The molecule has 3 saturated carbocycles. The Hall–Kier alpha value is -0.260. The van der Waals surface area contributed by atoms with Crippen LogP contribution in [0.4, 0.5) is 0 Å². The quantitative estimate of drug-likeness (QED) is 0.497. The van der Waals surface area contributed by atoms with Crippen molar-refractivity contribution in [3.05, 3.63) is 12.2 Å². The summed E-state index contributed by atoms with van der Waals surface area (Å²) in [6, 6.07) is 0. The highest BCUT2D eigenvalue weighted by Crippen LogP contribution is 2.65. The highest BCUT2D eigenvalue weighted by molar-refractivity contribution is 5.14. The van der Waals surface area contributed by atoms with Gasteiger partial charge in [0.2, 0.25) is 0 Å². The molecule has 0 saturated heterocycles. The first-order valence-corrected chi connectivity index (χ1v) is 8.81. The van der Waals surface area contributed by atoms with Gasteiger partial charge in [0, 0.05) is 0 Å². The Balaban J connectivity index is 1.68. The average Bonchev–Trinajstić information content (AvgIpc) is 2.79. The molecule has 0 radical (unpaired) electrons. The van der Waals surface area contributed by atoms with Crippen molar-refractivity contribution in [3.63, 3.8) is 0 Å². The standard InChI is InChI=1S/C19H30/c1-18-11-5-7-16(18)15-9-8-14-6-3-4-12-19(14,2)17(15)10-13-18/h4,12,14-17H,3,5-11,13H2,1-2H3/t14-,15+,16-,17-,18-,19+/m1/s1. The lowest BCUT2D eigenvalue weighted by Crippen LogP contribution is -2.50. The molecule has 0 heterocycles. The maximum absolute atomic E-state index is 2.65. The third kappa shape index (κ3) is 1.64. The van der Waals surface area contributed by atoms with Gasteiger partial charge in [-0.1, -0.05) is 32.4 Å². The third-order valence-electron chi connectivity index (χ3n) is 7.90. The number of rotatable bonds is 0. The smallest absolute Gasteiger partial charge is 0.00872 e. The fraction of sp³-hybridized carbons (Fsp3) is 0.895. The minimum absolute atomic E-state index is 0.561. The second kappa shape index (κ2) is 4.12. The first kappa shape index (κ1) is 12.5. The van der Waals surface area contributed by atoms with E-state index in [9.17, 15) is 0 Å². The summed E-state index contributed by atoms with van der Waals surface area (Å²) in [7, 11) is 0. The zero-order chi connectivity index (χ0) is 13.1. The Bertz CT molecular complexity index is 395. The molecule has 0 aromatic heterocycles. The molecule has 0 aliphatic heterocycles. The minimum Gasteiger partial charge on any atom is -0.0880 e. The number of fused-ring (bicyclic) bond motifs is 5. The summed E-state index contributed by atoms with van der Waals surface area (Å²) in [6.07, 6.45) is 18.7. The van der Waals surface area contributed by atoms with Crippen molar-refractivity contribution in [1.29, 1.82) is 0 Å². The van der Waals surface area contributed by atoms with E-state index in [4.69, 9.17) is 0 Å². The van der Waals surface area contributed by atoms with Crippen LogP contribution in [0.1, 0.15) is 71.6 Å². The third-order valence-corrected chi connectivity index (χ3v) is 7.90. The molecule has 0 N–H and O–H groups in total. The van der Waals surface area contributed by atoms with Gasteiger partial charge in [-0.3, -0.25) is 0 Å². The fourth-order valence-corrected chi connectivity index (χ4v) is 6.81. The Labute approximate surface area is 119 Å². The molecule has 6 atom stereocenters. The van der Waals surface area contributed by atoms with Gasteiger partial charge in [-0.2, -0.15) is 0 Å². The van der Waals surface area contributed by atoms with Crippen LogP contribution in [0, 0.1) is 34.5 Å². The predicted molar refractivity (Wildman–Crippen MR) is 80.9 cm³/mol. The number of hydrogen-bond donors (Lipinski definition) is 0. The first-order valence-electron chi connectivity index (χ1n) is 8.81. The molecular weight excluding hydrogens is 228 g/mol. The van der Waals surface area contributed by atoms with E-state index < -0.39 is 0 Å². The molecule has 0 spiro atoms. The van der Waals surface area contributed by atoms with Crippen LogP contribution in [0.2, 0.25) is 0 Å². The van der Waals surface area contributed by atoms with Crippen molar-refractivity contribution >= 4 is 0 Å². The SMILES string of the molecule is C[C@]12CCC[C@@H]1[C@@H]1CC[C@H]3CCC=C[C@]3(C)[C@@H]1CC2. The lowest BCUT2D eigenvalue weighted by molar-refractivity contribution is -0.0679. The second-order valence-corrected chi connectivity index (χ2v) is 8.58. The lowest BCUT2D eigenvalue weighted by Gasteiger charge is -2.58. The Kier molecular flexibility index (Phi) is 2.71. The molecule has 3 fully saturated rings. The van der Waals surface area contributed by atoms with Gasteiger partial charge in [0.1, 0.15) is 0 Å². The Morgan fingerprint density at radius 1 is 0.895 bits per heavy atom. The summed E-state index contributed by atoms with van der Waals surface area (Å²) in [5.74, 6) is 4.15. The van der Waals surface area contributed by atoms with Crippen molar-refractivity contribution in [3.8, 4) is 0 Å². The molecule has 0 bridgehead atoms. The fourth-order valence-electron chi connectivity index (χ4n) is 6.81. The van der Waals surface area contributed by atoms with Gasteiger partial charge in [-0.15, -0.1) is 0 Å². The van der Waals surface area contributed by atoms with Crippen LogP contribution in [0.5, 0.6) is 0 Å². The zero-order valence-corrected chi connectivity index (χ0v) is 12.8. The zero-order valence-electron chi connectivity index (χ0n) is 12.8. The van der Waals surface area contributed by atoms with E-state index in [-0.39, 0.29) is 0 Å². The second-order valence-electron chi connectivity index (χ2n) is 8.58. The summed E-state index contributed by atoms with van der Waals surface area (Å²) < 4.78 is 0. The predicted octanol–water partition coefficient (Wildman–Crippen LogP) is 5.59. The molecule has 4 aliphatic carbocycles. The summed E-state index contributed by atoms with van der Waals surface area (Å²) >= 11 is 0. The van der Waals surface area contributed by atoms with Gasteiger partial charge in [0.15, 0.2) is 0 Å². The van der Waals surface area contributed by atoms with Crippen molar-refractivity contribution < 1.29 is 0 Å². The van der Waals surface area contributed by atoms with E-state index >= 15 is 0 Å². The lowest BCUT2D eigenvalue weighted by atomic mass is 9.46. The van der Waals surface area contributed by atoms with Crippen LogP contribution in [-0.2, 0) is 0 Å². The average molecular weight is 258 g/mol. The van der Waals surface area contributed by atoms with E-state index in [1.807, 2.05) is 0 Å². The van der Waals surface area contributed by atoms with Gasteiger partial charge in [-0.05, 0) is 85.9 Å². The number of hydrogen-bond acceptors (Lipinski definition) is 0. The van der Waals surface area contributed by atoms with Crippen LogP contribution >= 0.6 is 0 Å².